The van der Waals surface area contributed by atoms with E-state index in [1.165, 1.54) is 25.9 Å². The van der Waals surface area contributed by atoms with Crippen LogP contribution in [0.5, 0.6) is 11.5 Å². The lowest BCUT2D eigenvalue weighted by Gasteiger charge is -2.55. The monoisotopic (exact) mass is 465 g/mol. The van der Waals surface area contributed by atoms with Crippen LogP contribution in [0.3, 0.4) is 0 Å². The van der Waals surface area contributed by atoms with Crippen LogP contribution >= 0.6 is 0 Å². The van der Waals surface area contributed by atoms with Crippen LogP contribution in [0, 0.1) is 5.41 Å². The molecule has 2 aliphatic heterocycles. The summed E-state index contributed by atoms with van der Waals surface area (Å²) < 4.78 is 13.3. The van der Waals surface area contributed by atoms with Crippen molar-refractivity contribution in [1.82, 2.24) is 24.6 Å². The highest BCUT2D eigenvalue weighted by atomic mass is 16.5. The lowest BCUT2D eigenvalue weighted by molar-refractivity contribution is -0.0634. The highest BCUT2D eigenvalue weighted by Crippen LogP contribution is 2.43. The number of aromatic amines is 1. The fourth-order valence-electron chi connectivity index (χ4n) is 5.58. The van der Waals surface area contributed by atoms with E-state index >= 15 is 0 Å². The maximum absolute atomic E-state index is 12.5. The third kappa shape index (κ3) is 3.88. The Morgan fingerprint density at radius 3 is 2.35 bits per heavy atom. The third-order valence-electron chi connectivity index (χ3n) is 7.81. The summed E-state index contributed by atoms with van der Waals surface area (Å²) in [6.07, 6.45) is 6.03. The number of hydrogen-bond donors (Lipinski definition) is 1. The Bertz CT molecular complexity index is 1220. The number of hydrogen-bond acceptors (Lipinski definition) is 6. The summed E-state index contributed by atoms with van der Waals surface area (Å²) >= 11 is 0. The first-order chi connectivity index (χ1) is 16.3. The van der Waals surface area contributed by atoms with Crippen LogP contribution < -0.4 is 15.0 Å². The quantitative estimate of drug-likeness (QED) is 0.602. The molecular formula is C26H35N5O3. The standard InChI is InChI=1S/C26H35N5O3/c1-17(2)31-15-26(16-31)6-8-30(9-7-26)14-21-22(33-4)10-18(11-23(21)34-5)20-13-29(3)25(32)24-19(20)12-27-28-24/h10-13,17H,6-9,14-16H2,1-5H3,(H,27,28). The van der Waals surface area contributed by atoms with Gasteiger partial charge in [-0.15, -0.1) is 0 Å². The first-order valence-corrected chi connectivity index (χ1v) is 12.1. The summed E-state index contributed by atoms with van der Waals surface area (Å²) in [4.78, 5) is 17.5. The normalized spacial score (nSPS) is 18.5. The summed E-state index contributed by atoms with van der Waals surface area (Å²) in [5.41, 5.74) is 3.82. The number of nitrogens with one attached hydrogen (secondary N) is 1. The molecule has 2 saturated heterocycles. The molecule has 0 atom stereocenters. The van der Waals surface area contributed by atoms with E-state index in [2.05, 4.69) is 33.8 Å². The number of rotatable bonds is 6. The van der Waals surface area contributed by atoms with Crippen LogP contribution in [-0.4, -0.2) is 71.0 Å². The van der Waals surface area contributed by atoms with Gasteiger partial charge in [0.1, 0.15) is 17.0 Å². The number of benzene rings is 1. The molecule has 4 heterocycles. The molecule has 0 bridgehead atoms. The van der Waals surface area contributed by atoms with Gasteiger partial charge in [-0.3, -0.25) is 19.7 Å². The second-order valence-corrected chi connectivity index (χ2v) is 10.3. The van der Waals surface area contributed by atoms with Crippen molar-refractivity contribution < 1.29 is 9.47 Å². The van der Waals surface area contributed by atoms with Crippen LogP contribution in [0.4, 0.5) is 0 Å². The predicted octanol–water partition coefficient (Wildman–Crippen LogP) is 3.25. The molecule has 0 radical (unpaired) electrons. The van der Waals surface area contributed by atoms with Crippen molar-refractivity contribution in [3.63, 3.8) is 0 Å². The second-order valence-electron chi connectivity index (χ2n) is 10.3. The number of piperidine rings is 1. The zero-order valence-electron chi connectivity index (χ0n) is 20.9. The van der Waals surface area contributed by atoms with Gasteiger partial charge in [-0.1, -0.05) is 0 Å². The van der Waals surface area contributed by atoms with Crippen molar-refractivity contribution in [2.45, 2.75) is 39.3 Å². The third-order valence-corrected chi connectivity index (χ3v) is 7.81. The van der Waals surface area contributed by atoms with Crippen molar-refractivity contribution in [1.29, 1.82) is 0 Å². The molecular weight excluding hydrogens is 430 g/mol. The largest absolute Gasteiger partial charge is 0.496 e. The number of pyridine rings is 1. The topological polar surface area (TPSA) is 75.6 Å². The van der Waals surface area contributed by atoms with Crippen molar-refractivity contribution in [3.8, 4) is 22.6 Å². The summed E-state index contributed by atoms with van der Waals surface area (Å²) in [5.74, 6) is 1.60. The van der Waals surface area contributed by atoms with Gasteiger partial charge in [0.25, 0.3) is 5.56 Å². The second kappa shape index (κ2) is 8.74. The molecule has 0 unspecified atom stereocenters. The Kier molecular flexibility index (Phi) is 5.90. The maximum Gasteiger partial charge on any atom is 0.276 e. The van der Waals surface area contributed by atoms with Crippen molar-refractivity contribution >= 4 is 10.9 Å². The van der Waals surface area contributed by atoms with Gasteiger partial charge in [-0.2, -0.15) is 5.10 Å². The molecule has 3 aromatic rings. The fraction of sp³-hybridized carbons (Fsp3) is 0.538. The number of aryl methyl sites for hydroxylation is 1. The van der Waals surface area contributed by atoms with Gasteiger partial charge in [0.15, 0.2) is 0 Å². The van der Waals surface area contributed by atoms with Crippen LogP contribution in [0.2, 0.25) is 0 Å². The minimum Gasteiger partial charge on any atom is -0.496 e. The van der Waals surface area contributed by atoms with Gasteiger partial charge in [-0.05, 0) is 62.9 Å². The fourth-order valence-corrected chi connectivity index (χ4v) is 5.58. The number of nitrogens with zero attached hydrogens (tertiary/aromatic N) is 4. The Morgan fingerprint density at radius 1 is 1.12 bits per heavy atom. The SMILES string of the molecule is COc1cc(-c2cn(C)c(=O)c3[nH]ncc23)cc(OC)c1CN1CCC2(CC1)CN(C(C)C)C2. The molecule has 0 amide bonds. The Morgan fingerprint density at radius 2 is 1.76 bits per heavy atom. The first kappa shape index (κ1) is 22.9. The molecule has 1 aromatic carbocycles. The molecule has 2 fully saturated rings. The van der Waals surface area contributed by atoms with Crippen molar-refractivity contribution in [2.24, 2.45) is 12.5 Å². The number of methoxy groups -OCH3 is 2. The van der Waals surface area contributed by atoms with Crippen LogP contribution in [0.25, 0.3) is 22.0 Å². The lowest BCUT2D eigenvalue weighted by Crippen LogP contribution is -2.61. The molecule has 1 N–H and O–H groups in total. The van der Waals surface area contributed by atoms with E-state index in [4.69, 9.17) is 9.47 Å². The summed E-state index contributed by atoms with van der Waals surface area (Å²) in [7, 11) is 5.16. The van der Waals surface area contributed by atoms with E-state index in [0.717, 1.165) is 53.2 Å². The van der Waals surface area contributed by atoms with E-state index in [1.807, 2.05) is 18.3 Å². The molecule has 0 saturated carbocycles. The van der Waals surface area contributed by atoms with Crippen LogP contribution in [-0.2, 0) is 13.6 Å². The number of fused-ring (bicyclic) bond motifs is 1. The van der Waals surface area contributed by atoms with E-state index in [1.54, 1.807) is 32.0 Å². The molecule has 5 rings (SSSR count). The van der Waals surface area contributed by atoms with Gasteiger partial charge < -0.3 is 14.0 Å². The zero-order valence-corrected chi connectivity index (χ0v) is 20.9. The number of ether oxygens (including phenoxy) is 2. The van der Waals surface area contributed by atoms with E-state index in [9.17, 15) is 4.79 Å². The van der Waals surface area contributed by atoms with Crippen molar-refractivity contribution in [3.05, 3.63) is 40.4 Å². The lowest BCUT2D eigenvalue weighted by atomic mass is 9.71. The predicted molar refractivity (Wildman–Crippen MR) is 134 cm³/mol. The average Bonchev–Trinajstić information content (AvgIpc) is 3.30. The van der Waals surface area contributed by atoms with Gasteiger partial charge in [-0.25, -0.2) is 0 Å². The Hall–Kier alpha value is -2.84. The highest BCUT2D eigenvalue weighted by molar-refractivity contribution is 5.94. The van der Waals surface area contributed by atoms with E-state index < -0.39 is 0 Å². The number of H-pyrrole nitrogens is 1. The zero-order chi connectivity index (χ0) is 24.0. The van der Waals surface area contributed by atoms with E-state index in [-0.39, 0.29) is 5.56 Å². The highest BCUT2D eigenvalue weighted by Gasteiger charge is 2.45. The molecule has 8 heteroatoms. The molecule has 8 nitrogen and oxygen atoms in total. The minimum atomic E-state index is -0.0994. The summed E-state index contributed by atoms with van der Waals surface area (Å²) in [5, 5.41) is 7.72. The number of likely N-dealkylation sites (tertiary alicyclic amines) is 2. The smallest absolute Gasteiger partial charge is 0.276 e. The van der Waals surface area contributed by atoms with Crippen LogP contribution in [0.1, 0.15) is 32.3 Å². The van der Waals surface area contributed by atoms with E-state index in [0.29, 0.717) is 17.0 Å². The Balaban J connectivity index is 1.40. The average molecular weight is 466 g/mol. The molecule has 1 spiro atoms. The Labute approximate surface area is 200 Å². The molecule has 0 aliphatic carbocycles. The van der Waals surface area contributed by atoms with Gasteiger partial charge in [0.05, 0.1) is 26.0 Å². The summed E-state index contributed by atoms with van der Waals surface area (Å²) in [6.45, 7) is 10.0. The minimum absolute atomic E-state index is 0.0994. The molecule has 2 aliphatic rings. The molecule has 34 heavy (non-hydrogen) atoms. The maximum atomic E-state index is 12.5. The van der Waals surface area contributed by atoms with Crippen molar-refractivity contribution in [2.75, 3.05) is 40.4 Å². The number of aromatic nitrogens is 3. The molecule has 2 aromatic heterocycles. The summed E-state index contributed by atoms with van der Waals surface area (Å²) in [6, 6.07) is 4.73. The molecule has 182 valence electrons. The van der Waals surface area contributed by atoms with Crippen LogP contribution in [0.15, 0.2) is 29.3 Å². The van der Waals surface area contributed by atoms with Gasteiger partial charge >= 0.3 is 0 Å². The van der Waals surface area contributed by atoms with Gasteiger partial charge in [0, 0.05) is 49.9 Å². The first-order valence-electron chi connectivity index (χ1n) is 12.1. The van der Waals surface area contributed by atoms with Gasteiger partial charge in [0.2, 0.25) is 0 Å².